The van der Waals surface area contributed by atoms with Crippen molar-refractivity contribution in [2.24, 2.45) is 0 Å². The van der Waals surface area contributed by atoms with Crippen LogP contribution in [0.5, 0.6) is 11.5 Å². The van der Waals surface area contributed by atoms with Crippen LogP contribution in [0.2, 0.25) is 0 Å². The first-order valence-corrected chi connectivity index (χ1v) is 5.85. The van der Waals surface area contributed by atoms with E-state index in [-0.39, 0.29) is 0 Å². The van der Waals surface area contributed by atoms with Gasteiger partial charge in [0.05, 0.1) is 14.2 Å². The normalized spacial score (nSPS) is 10.0. The highest BCUT2D eigenvalue weighted by Crippen LogP contribution is 2.30. The van der Waals surface area contributed by atoms with Gasteiger partial charge in [-0.3, -0.25) is 0 Å². The summed E-state index contributed by atoms with van der Waals surface area (Å²) in [6.07, 6.45) is 4.09. The van der Waals surface area contributed by atoms with E-state index in [1.807, 2.05) is 24.3 Å². The molecular weight excluding hydrogens is 214 g/mol. The Bertz CT molecular complexity index is 350. The highest BCUT2D eigenvalue weighted by Gasteiger charge is 2.08. The molecule has 0 unspecified atom stereocenters. The molecule has 0 amide bonds. The monoisotopic (exact) mass is 235 g/mol. The summed E-state index contributed by atoms with van der Waals surface area (Å²) in [5.41, 5.74) is 1.12. The Morgan fingerprint density at radius 2 is 2.12 bits per heavy atom. The molecule has 1 aromatic carbocycles. The fourth-order valence-electron chi connectivity index (χ4n) is 1.69. The number of hydrogen-bond acceptors (Lipinski definition) is 3. The van der Waals surface area contributed by atoms with E-state index in [4.69, 9.17) is 9.47 Å². The van der Waals surface area contributed by atoms with Gasteiger partial charge < -0.3 is 14.8 Å². The number of rotatable bonds is 8. The molecule has 0 saturated carbocycles. The van der Waals surface area contributed by atoms with Gasteiger partial charge in [0.15, 0.2) is 11.5 Å². The van der Waals surface area contributed by atoms with Crippen LogP contribution in [0.15, 0.2) is 30.9 Å². The van der Waals surface area contributed by atoms with Crippen LogP contribution < -0.4 is 14.8 Å². The van der Waals surface area contributed by atoms with Crippen LogP contribution >= 0.6 is 0 Å². The first kappa shape index (κ1) is 13.6. The first-order valence-electron chi connectivity index (χ1n) is 5.85. The molecule has 0 fully saturated rings. The van der Waals surface area contributed by atoms with Gasteiger partial charge in [0, 0.05) is 12.1 Å². The molecule has 94 valence electrons. The fraction of sp³-hybridized carbons (Fsp3) is 0.429. The highest BCUT2D eigenvalue weighted by molar-refractivity contribution is 5.46. The van der Waals surface area contributed by atoms with E-state index in [0.29, 0.717) is 0 Å². The maximum atomic E-state index is 5.36. The number of methoxy groups -OCH3 is 2. The quantitative estimate of drug-likeness (QED) is 0.555. The predicted octanol–water partition coefficient (Wildman–Crippen LogP) is 2.76. The number of ether oxygens (including phenoxy) is 2. The number of benzene rings is 1. The van der Waals surface area contributed by atoms with Crippen LogP contribution in [0.25, 0.3) is 0 Å². The SMILES string of the molecule is C=CCCCNCc1cccc(OC)c1OC. The standard InChI is InChI=1S/C14H21NO2/c1-4-5-6-10-15-11-12-8-7-9-13(16-2)14(12)17-3/h4,7-9,15H,1,5-6,10-11H2,2-3H3. The number of para-hydroxylation sites is 1. The van der Waals surface area contributed by atoms with E-state index in [1.54, 1.807) is 14.2 Å². The van der Waals surface area contributed by atoms with Crippen molar-refractivity contribution in [3.05, 3.63) is 36.4 Å². The predicted molar refractivity (Wildman–Crippen MR) is 70.7 cm³/mol. The maximum Gasteiger partial charge on any atom is 0.165 e. The van der Waals surface area contributed by atoms with Gasteiger partial charge in [0.1, 0.15) is 0 Å². The molecule has 0 aliphatic rings. The number of nitrogens with one attached hydrogen (secondary N) is 1. The molecule has 0 heterocycles. The minimum atomic E-state index is 0.776. The van der Waals surface area contributed by atoms with Gasteiger partial charge in [0.25, 0.3) is 0 Å². The molecule has 1 aromatic rings. The summed E-state index contributed by atoms with van der Waals surface area (Å²) < 4.78 is 10.6. The van der Waals surface area contributed by atoms with Crippen LogP contribution in [0.1, 0.15) is 18.4 Å². The lowest BCUT2D eigenvalue weighted by molar-refractivity contribution is 0.350. The van der Waals surface area contributed by atoms with E-state index in [0.717, 1.165) is 43.0 Å². The third kappa shape index (κ3) is 4.11. The molecule has 0 aromatic heterocycles. The van der Waals surface area contributed by atoms with Crippen molar-refractivity contribution in [3.63, 3.8) is 0 Å². The Morgan fingerprint density at radius 1 is 1.29 bits per heavy atom. The summed E-state index contributed by atoms with van der Waals surface area (Å²) in [6.45, 7) is 5.47. The van der Waals surface area contributed by atoms with Gasteiger partial charge >= 0.3 is 0 Å². The molecule has 0 aliphatic carbocycles. The highest BCUT2D eigenvalue weighted by atomic mass is 16.5. The average molecular weight is 235 g/mol. The summed E-state index contributed by atoms with van der Waals surface area (Å²) >= 11 is 0. The fourth-order valence-corrected chi connectivity index (χ4v) is 1.69. The van der Waals surface area contributed by atoms with Crippen molar-refractivity contribution in [1.82, 2.24) is 5.32 Å². The second-order valence-electron chi connectivity index (χ2n) is 3.76. The molecule has 0 spiro atoms. The minimum Gasteiger partial charge on any atom is -0.493 e. The Kier molecular flexibility index (Phi) is 6.18. The van der Waals surface area contributed by atoms with Crippen molar-refractivity contribution in [3.8, 4) is 11.5 Å². The summed E-state index contributed by atoms with van der Waals surface area (Å²) in [7, 11) is 3.32. The van der Waals surface area contributed by atoms with Crippen LogP contribution in [0, 0.1) is 0 Å². The van der Waals surface area contributed by atoms with Crippen molar-refractivity contribution in [2.45, 2.75) is 19.4 Å². The second kappa shape index (κ2) is 7.74. The van der Waals surface area contributed by atoms with Gasteiger partial charge in [-0.15, -0.1) is 6.58 Å². The summed E-state index contributed by atoms with van der Waals surface area (Å²) in [6, 6.07) is 5.92. The zero-order valence-electron chi connectivity index (χ0n) is 10.7. The van der Waals surface area contributed by atoms with E-state index in [9.17, 15) is 0 Å². The molecule has 1 N–H and O–H groups in total. The minimum absolute atomic E-state index is 0.776. The van der Waals surface area contributed by atoms with Gasteiger partial charge in [0.2, 0.25) is 0 Å². The number of unbranched alkanes of at least 4 members (excludes halogenated alkanes) is 1. The topological polar surface area (TPSA) is 30.5 Å². The van der Waals surface area contributed by atoms with E-state index in [2.05, 4.69) is 11.9 Å². The third-order valence-electron chi connectivity index (χ3n) is 2.56. The van der Waals surface area contributed by atoms with Crippen LogP contribution in [0.3, 0.4) is 0 Å². The van der Waals surface area contributed by atoms with E-state index >= 15 is 0 Å². The Balaban J connectivity index is 2.54. The van der Waals surface area contributed by atoms with Crippen LogP contribution in [0.4, 0.5) is 0 Å². The lowest BCUT2D eigenvalue weighted by Gasteiger charge is -2.12. The zero-order valence-corrected chi connectivity index (χ0v) is 10.7. The smallest absolute Gasteiger partial charge is 0.165 e. The van der Waals surface area contributed by atoms with Crippen LogP contribution in [-0.4, -0.2) is 20.8 Å². The number of hydrogen-bond donors (Lipinski definition) is 1. The van der Waals surface area contributed by atoms with Gasteiger partial charge in [-0.2, -0.15) is 0 Å². The molecular formula is C14H21NO2. The van der Waals surface area contributed by atoms with E-state index in [1.165, 1.54) is 0 Å². The molecule has 17 heavy (non-hydrogen) atoms. The molecule has 0 radical (unpaired) electrons. The molecule has 3 heteroatoms. The largest absolute Gasteiger partial charge is 0.493 e. The van der Waals surface area contributed by atoms with Gasteiger partial charge in [-0.25, -0.2) is 0 Å². The Morgan fingerprint density at radius 3 is 2.76 bits per heavy atom. The summed E-state index contributed by atoms with van der Waals surface area (Å²) in [5, 5.41) is 3.38. The Hall–Kier alpha value is -1.48. The van der Waals surface area contributed by atoms with Gasteiger partial charge in [-0.1, -0.05) is 18.2 Å². The molecule has 0 aliphatic heterocycles. The molecule has 0 saturated heterocycles. The molecule has 1 rings (SSSR count). The summed E-state index contributed by atoms with van der Waals surface area (Å²) in [5.74, 6) is 1.59. The van der Waals surface area contributed by atoms with Gasteiger partial charge in [-0.05, 0) is 25.5 Å². The number of allylic oxidation sites excluding steroid dienone is 1. The van der Waals surface area contributed by atoms with Crippen molar-refractivity contribution in [1.29, 1.82) is 0 Å². The molecule has 0 bridgehead atoms. The Labute approximate surface area is 103 Å². The lowest BCUT2D eigenvalue weighted by Crippen LogP contribution is -2.15. The molecule has 3 nitrogen and oxygen atoms in total. The van der Waals surface area contributed by atoms with Crippen molar-refractivity contribution >= 4 is 0 Å². The van der Waals surface area contributed by atoms with Crippen molar-refractivity contribution < 1.29 is 9.47 Å². The van der Waals surface area contributed by atoms with E-state index < -0.39 is 0 Å². The second-order valence-corrected chi connectivity index (χ2v) is 3.76. The van der Waals surface area contributed by atoms with Crippen molar-refractivity contribution in [2.75, 3.05) is 20.8 Å². The maximum absolute atomic E-state index is 5.36. The first-order chi connectivity index (χ1) is 8.33. The third-order valence-corrected chi connectivity index (χ3v) is 2.56. The molecule has 0 atom stereocenters. The summed E-state index contributed by atoms with van der Waals surface area (Å²) in [4.78, 5) is 0. The zero-order chi connectivity index (χ0) is 12.5. The lowest BCUT2D eigenvalue weighted by atomic mass is 10.2. The average Bonchev–Trinajstić information content (AvgIpc) is 2.38. The van der Waals surface area contributed by atoms with Crippen LogP contribution in [-0.2, 0) is 6.54 Å².